The molecule has 0 aromatic rings. The second-order valence-corrected chi connectivity index (χ2v) is 6.21. The van der Waals surface area contributed by atoms with E-state index >= 15 is 0 Å². The van der Waals surface area contributed by atoms with Crippen LogP contribution in [-0.2, 0) is 0 Å². The Kier molecular flexibility index (Phi) is 5.05. The molecule has 0 amide bonds. The second-order valence-electron chi connectivity index (χ2n) is 6.21. The highest BCUT2D eigenvalue weighted by Crippen LogP contribution is 2.71. The van der Waals surface area contributed by atoms with E-state index in [1.165, 1.54) is 32.1 Å². The molecule has 0 radical (unpaired) electrons. The summed E-state index contributed by atoms with van der Waals surface area (Å²) in [5.74, 6) is 0.733. The van der Waals surface area contributed by atoms with Crippen molar-refractivity contribution in [2.75, 3.05) is 0 Å². The fourth-order valence-corrected chi connectivity index (χ4v) is 3.45. The fourth-order valence-electron chi connectivity index (χ4n) is 3.45. The molecule has 1 rings (SSSR count). The molecule has 0 N–H and O–H groups in total. The molecule has 0 aromatic heterocycles. The third kappa shape index (κ3) is 2.64. The zero-order chi connectivity index (χ0) is 13.8. The molecule has 0 spiro atoms. The first-order chi connectivity index (χ1) is 8.49. The number of allylic oxidation sites excluding steroid dienone is 3. The third-order valence-corrected chi connectivity index (χ3v) is 5.28. The van der Waals surface area contributed by atoms with E-state index in [9.17, 15) is 0 Å². The quantitative estimate of drug-likeness (QED) is 0.387. The normalized spacial score (nSPS) is 31.4. The predicted molar refractivity (Wildman–Crippen MR) is 81.6 cm³/mol. The van der Waals surface area contributed by atoms with E-state index in [1.807, 2.05) is 0 Å². The van der Waals surface area contributed by atoms with E-state index < -0.39 is 0 Å². The summed E-state index contributed by atoms with van der Waals surface area (Å²) in [4.78, 5) is 0. The van der Waals surface area contributed by atoms with Crippen molar-refractivity contribution in [2.45, 2.75) is 66.7 Å². The fraction of sp³-hybridized carbons (Fsp3) is 0.722. The van der Waals surface area contributed by atoms with E-state index in [2.05, 4.69) is 59.1 Å². The Morgan fingerprint density at radius 1 is 1.33 bits per heavy atom. The molecular formula is C18H30. The van der Waals surface area contributed by atoms with Gasteiger partial charge in [-0.3, -0.25) is 0 Å². The van der Waals surface area contributed by atoms with Crippen LogP contribution in [0.2, 0.25) is 0 Å². The molecule has 0 bridgehead atoms. The van der Waals surface area contributed by atoms with Crippen LogP contribution in [0.1, 0.15) is 66.7 Å². The molecule has 0 aliphatic heterocycles. The maximum Gasteiger partial charge on any atom is 0.00454 e. The predicted octanol–water partition coefficient (Wildman–Crippen LogP) is 5.91. The van der Waals surface area contributed by atoms with Crippen LogP contribution in [0.5, 0.6) is 0 Å². The number of hydrogen-bond donors (Lipinski definition) is 0. The van der Waals surface area contributed by atoms with E-state index in [4.69, 9.17) is 0 Å². The van der Waals surface area contributed by atoms with Crippen LogP contribution < -0.4 is 0 Å². The molecule has 1 fully saturated rings. The van der Waals surface area contributed by atoms with Gasteiger partial charge in [-0.05, 0) is 43.1 Å². The largest absolute Gasteiger partial charge is 0.132 e. The zero-order valence-corrected chi connectivity index (χ0v) is 13.0. The summed E-state index contributed by atoms with van der Waals surface area (Å²) in [5.41, 5.74) is 5.45. The lowest BCUT2D eigenvalue weighted by molar-refractivity contribution is 0.306. The van der Waals surface area contributed by atoms with Gasteiger partial charge >= 0.3 is 0 Å². The minimum Gasteiger partial charge on any atom is -0.132 e. The Morgan fingerprint density at radius 3 is 2.39 bits per heavy atom. The number of rotatable bonds is 7. The van der Waals surface area contributed by atoms with Crippen molar-refractivity contribution in [2.24, 2.45) is 16.7 Å². The summed E-state index contributed by atoms with van der Waals surface area (Å²) >= 11 is 0. The monoisotopic (exact) mass is 246 g/mol. The molecule has 102 valence electrons. The van der Waals surface area contributed by atoms with Gasteiger partial charge in [0.2, 0.25) is 0 Å². The van der Waals surface area contributed by atoms with Crippen molar-refractivity contribution in [3.63, 3.8) is 0 Å². The maximum absolute atomic E-state index is 3.80. The van der Waals surface area contributed by atoms with Gasteiger partial charge in [0, 0.05) is 5.41 Å². The van der Waals surface area contributed by atoms with E-state index in [1.54, 1.807) is 5.57 Å². The molecule has 0 heterocycles. The summed E-state index contributed by atoms with van der Waals surface area (Å²) < 4.78 is 0. The van der Waals surface area contributed by atoms with Crippen LogP contribution in [0.15, 0.2) is 30.0 Å². The minimum atomic E-state index is 0.354. The minimum absolute atomic E-state index is 0.354. The molecule has 0 aromatic carbocycles. The van der Waals surface area contributed by atoms with Crippen molar-refractivity contribution >= 4 is 0 Å². The molecule has 0 nitrogen and oxygen atoms in total. The summed E-state index contributed by atoms with van der Waals surface area (Å²) in [6.07, 6.45) is 10.9. The maximum atomic E-state index is 3.80. The van der Waals surface area contributed by atoms with Crippen molar-refractivity contribution < 1.29 is 0 Å². The highest BCUT2D eigenvalue weighted by Gasteiger charge is 2.63. The van der Waals surface area contributed by atoms with Crippen molar-refractivity contribution in [1.82, 2.24) is 0 Å². The van der Waals surface area contributed by atoms with Gasteiger partial charge in [0.15, 0.2) is 0 Å². The topological polar surface area (TPSA) is 0 Å². The van der Waals surface area contributed by atoms with Crippen LogP contribution in [0.3, 0.4) is 0 Å². The standard InChI is InChI=1S/C18H30/c1-7-12-18(15(5)8-2)14-17(18,6)13-11-16(9-3)10-4/h11-12,15H,1,8-10,13-14H2,2-6H3. The van der Waals surface area contributed by atoms with Crippen LogP contribution in [0.25, 0.3) is 0 Å². The Labute approximate surface area is 114 Å². The van der Waals surface area contributed by atoms with Crippen LogP contribution >= 0.6 is 0 Å². The van der Waals surface area contributed by atoms with Gasteiger partial charge in [-0.2, -0.15) is 0 Å². The van der Waals surface area contributed by atoms with E-state index in [-0.39, 0.29) is 0 Å². The van der Waals surface area contributed by atoms with Gasteiger partial charge in [-0.15, -0.1) is 5.73 Å². The van der Waals surface area contributed by atoms with Crippen molar-refractivity contribution in [1.29, 1.82) is 0 Å². The molecule has 1 aliphatic rings. The SMILES string of the molecule is C=C=CC1(C(C)CC)CC1(C)CC=C(CC)CC. The molecular weight excluding hydrogens is 216 g/mol. The average Bonchev–Trinajstić information content (AvgIpc) is 2.96. The van der Waals surface area contributed by atoms with Gasteiger partial charge in [0.1, 0.15) is 0 Å². The molecule has 1 aliphatic carbocycles. The van der Waals surface area contributed by atoms with Crippen LogP contribution in [-0.4, -0.2) is 0 Å². The second kappa shape index (κ2) is 5.93. The molecule has 0 saturated heterocycles. The van der Waals surface area contributed by atoms with Gasteiger partial charge in [0.25, 0.3) is 0 Å². The molecule has 3 atom stereocenters. The average molecular weight is 246 g/mol. The van der Waals surface area contributed by atoms with Crippen molar-refractivity contribution in [3.8, 4) is 0 Å². The lowest BCUT2D eigenvalue weighted by Gasteiger charge is -2.24. The molecule has 1 saturated carbocycles. The molecule has 18 heavy (non-hydrogen) atoms. The summed E-state index contributed by atoms with van der Waals surface area (Å²) in [6.45, 7) is 15.4. The first kappa shape index (κ1) is 15.3. The van der Waals surface area contributed by atoms with E-state index in [0.29, 0.717) is 10.8 Å². The van der Waals surface area contributed by atoms with Crippen molar-refractivity contribution in [3.05, 3.63) is 30.0 Å². The van der Waals surface area contributed by atoms with Gasteiger partial charge < -0.3 is 0 Å². The highest BCUT2D eigenvalue weighted by atomic mass is 14.7. The molecule has 0 heteroatoms. The van der Waals surface area contributed by atoms with Gasteiger partial charge in [-0.25, -0.2) is 0 Å². The lowest BCUT2D eigenvalue weighted by atomic mass is 9.79. The van der Waals surface area contributed by atoms with Crippen LogP contribution in [0.4, 0.5) is 0 Å². The summed E-state index contributed by atoms with van der Waals surface area (Å²) in [6, 6.07) is 0. The van der Waals surface area contributed by atoms with E-state index in [0.717, 1.165) is 5.92 Å². The first-order valence-electron chi connectivity index (χ1n) is 7.54. The van der Waals surface area contributed by atoms with Gasteiger partial charge in [0.05, 0.1) is 0 Å². The van der Waals surface area contributed by atoms with Gasteiger partial charge in [-0.1, -0.05) is 59.3 Å². The Balaban J connectivity index is 2.84. The third-order valence-electron chi connectivity index (χ3n) is 5.28. The zero-order valence-electron chi connectivity index (χ0n) is 13.0. The number of hydrogen-bond acceptors (Lipinski definition) is 0. The first-order valence-corrected chi connectivity index (χ1v) is 7.54. The smallest absolute Gasteiger partial charge is 0.00454 e. The Bertz CT molecular complexity index is 350. The van der Waals surface area contributed by atoms with Crippen LogP contribution in [0, 0.1) is 16.7 Å². The highest BCUT2D eigenvalue weighted by molar-refractivity contribution is 5.24. The Hall–Kier alpha value is -0.740. The summed E-state index contributed by atoms with van der Waals surface area (Å²) in [5, 5.41) is 0. The summed E-state index contributed by atoms with van der Waals surface area (Å²) in [7, 11) is 0. The molecule has 3 unspecified atom stereocenters. The lowest BCUT2D eigenvalue weighted by Crippen LogP contribution is -2.17. The Morgan fingerprint density at radius 2 is 1.94 bits per heavy atom.